The fraction of sp³-hybridized carbons (Fsp3) is 0.0909. The highest BCUT2D eigenvalue weighted by molar-refractivity contribution is 7.09. The zero-order valence-corrected chi connectivity index (χ0v) is 9.00. The van der Waals surface area contributed by atoms with Crippen LogP contribution in [0.5, 0.6) is 5.75 Å². The van der Waals surface area contributed by atoms with Gasteiger partial charge >= 0.3 is 0 Å². The summed E-state index contributed by atoms with van der Waals surface area (Å²) in [6.45, 7) is 0.285. The van der Waals surface area contributed by atoms with E-state index in [1.165, 1.54) is 23.5 Å². The van der Waals surface area contributed by atoms with Crippen LogP contribution in [0.25, 0.3) is 0 Å². The van der Waals surface area contributed by atoms with Crippen molar-refractivity contribution >= 4 is 11.3 Å². The molecule has 3 nitrogen and oxygen atoms in total. The summed E-state index contributed by atoms with van der Waals surface area (Å²) in [4.78, 5) is 4.81. The van der Waals surface area contributed by atoms with Crippen molar-refractivity contribution in [2.75, 3.05) is 0 Å². The third-order valence-electron chi connectivity index (χ3n) is 1.91. The minimum absolute atomic E-state index is 0.146. The first-order valence-corrected chi connectivity index (χ1v) is 5.37. The summed E-state index contributed by atoms with van der Waals surface area (Å²) in [6, 6.07) is 5.99. The van der Waals surface area contributed by atoms with E-state index in [-0.39, 0.29) is 17.9 Å². The van der Waals surface area contributed by atoms with Crippen LogP contribution in [-0.4, -0.2) is 4.98 Å². The van der Waals surface area contributed by atoms with Crippen molar-refractivity contribution in [1.82, 2.24) is 4.98 Å². The van der Waals surface area contributed by atoms with Crippen LogP contribution in [0, 0.1) is 17.1 Å². The van der Waals surface area contributed by atoms with E-state index in [0.717, 1.165) is 10.9 Å². The Morgan fingerprint density at radius 2 is 2.38 bits per heavy atom. The third kappa shape index (κ3) is 2.35. The molecule has 1 aromatic heterocycles. The lowest BCUT2D eigenvalue weighted by Gasteiger charge is -2.05. The predicted molar refractivity (Wildman–Crippen MR) is 57.6 cm³/mol. The van der Waals surface area contributed by atoms with Gasteiger partial charge in [0.2, 0.25) is 0 Å². The molecule has 0 saturated carbocycles. The van der Waals surface area contributed by atoms with E-state index in [1.54, 1.807) is 11.7 Å². The lowest BCUT2D eigenvalue weighted by Crippen LogP contribution is -1.95. The van der Waals surface area contributed by atoms with Crippen LogP contribution in [0.1, 0.15) is 10.4 Å². The average molecular weight is 234 g/mol. The Hall–Kier alpha value is -1.93. The van der Waals surface area contributed by atoms with Gasteiger partial charge in [0, 0.05) is 6.20 Å². The smallest absolute Gasteiger partial charge is 0.166 e. The summed E-state index contributed by atoms with van der Waals surface area (Å²) in [7, 11) is 0. The van der Waals surface area contributed by atoms with Crippen molar-refractivity contribution < 1.29 is 9.13 Å². The van der Waals surface area contributed by atoms with Gasteiger partial charge in [-0.15, -0.1) is 11.3 Å². The SMILES string of the molecule is N#Cc1ccc(OCc2cncs2)c(F)c1. The number of ether oxygens (including phenoxy) is 1. The number of rotatable bonds is 3. The van der Waals surface area contributed by atoms with Crippen LogP contribution >= 0.6 is 11.3 Å². The maximum absolute atomic E-state index is 13.4. The van der Waals surface area contributed by atoms with Crippen LogP contribution in [0.4, 0.5) is 4.39 Å². The topological polar surface area (TPSA) is 45.9 Å². The molecule has 1 aromatic carbocycles. The minimum Gasteiger partial charge on any atom is -0.485 e. The number of thiazole rings is 1. The summed E-state index contributed by atoms with van der Waals surface area (Å²) in [5.41, 5.74) is 1.97. The van der Waals surface area contributed by atoms with Crippen molar-refractivity contribution in [3.8, 4) is 11.8 Å². The first-order valence-electron chi connectivity index (χ1n) is 4.49. The second-order valence-electron chi connectivity index (χ2n) is 3.01. The molecule has 2 rings (SSSR count). The van der Waals surface area contributed by atoms with Gasteiger partial charge in [-0.05, 0) is 18.2 Å². The van der Waals surface area contributed by atoms with Gasteiger partial charge in [-0.2, -0.15) is 5.26 Å². The monoisotopic (exact) mass is 234 g/mol. The highest BCUT2D eigenvalue weighted by Crippen LogP contribution is 2.19. The zero-order chi connectivity index (χ0) is 11.4. The van der Waals surface area contributed by atoms with Crippen molar-refractivity contribution in [1.29, 1.82) is 5.26 Å². The Morgan fingerprint density at radius 1 is 1.50 bits per heavy atom. The van der Waals surface area contributed by atoms with E-state index in [9.17, 15) is 4.39 Å². The number of nitriles is 1. The number of benzene rings is 1. The van der Waals surface area contributed by atoms with Crippen LogP contribution in [0.15, 0.2) is 29.9 Å². The highest BCUT2D eigenvalue weighted by Gasteiger charge is 2.05. The molecule has 0 aliphatic heterocycles. The molecule has 0 atom stereocenters. The molecular formula is C11H7FN2OS. The first-order chi connectivity index (χ1) is 7.79. The van der Waals surface area contributed by atoms with Crippen LogP contribution in [0.2, 0.25) is 0 Å². The largest absolute Gasteiger partial charge is 0.485 e. The second-order valence-corrected chi connectivity index (χ2v) is 3.98. The van der Waals surface area contributed by atoms with Gasteiger partial charge in [-0.1, -0.05) is 0 Å². The molecule has 0 spiro atoms. The van der Waals surface area contributed by atoms with E-state index >= 15 is 0 Å². The molecule has 0 radical (unpaired) electrons. The van der Waals surface area contributed by atoms with Crippen LogP contribution < -0.4 is 4.74 Å². The molecule has 0 amide bonds. The van der Waals surface area contributed by atoms with E-state index < -0.39 is 5.82 Å². The molecule has 16 heavy (non-hydrogen) atoms. The fourth-order valence-electron chi connectivity index (χ4n) is 1.15. The van der Waals surface area contributed by atoms with Crippen molar-refractivity contribution in [2.45, 2.75) is 6.61 Å². The quantitative estimate of drug-likeness (QED) is 0.820. The summed E-state index contributed by atoms with van der Waals surface area (Å²) in [6.07, 6.45) is 1.67. The molecule has 2 aromatic rings. The van der Waals surface area contributed by atoms with Crippen LogP contribution in [-0.2, 0) is 6.61 Å². The van der Waals surface area contributed by atoms with Crippen LogP contribution in [0.3, 0.4) is 0 Å². The van der Waals surface area contributed by atoms with E-state index in [4.69, 9.17) is 10.00 Å². The molecule has 0 aliphatic carbocycles. The number of halogens is 1. The van der Waals surface area contributed by atoms with E-state index in [0.29, 0.717) is 0 Å². The Labute approximate surface area is 95.8 Å². The average Bonchev–Trinajstić information content (AvgIpc) is 2.80. The summed E-state index contributed by atoms with van der Waals surface area (Å²) >= 11 is 1.44. The number of hydrogen-bond donors (Lipinski definition) is 0. The maximum Gasteiger partial charge on any atom is 0.166 e. The standard InChI is InChI=1S/C11H7FN2OS/c12-10-3-8(4-13)1-2-11(10)15-6-9-5-14-7-16-9/h1-3,5,7H,6H2. The molecule has 0 unspecified atom stereocenters. The molecule has 0 aliphatic rings. The van der Waals surface area contributed by atoms with Crippen molar-refractivity contribution in [2.24, 2.45) is 0 Å². The number of aromatic nitrogens is 1. The Morgan fingerprint density at radius 3 is 3.00 bits per heavy atom. The Kier molecular flexibility index (Phi) is 3.13. The van der Waals surface area contributed by atoms with Gasteiger partial charge in [0.1, 0.15) is 6.61 Å². The zero-order valence-electron chi connectivity index (χ0n) is 8.18. The van der Waals surface area contributed by atoms with Gasteiger partial charge < -0.3 is 4.74 Å². The first kappa shape index (κ1) is 10.6. The maximum atomic E-state index is 13.4. The third-order valence-corrected chi connectivity index (χ3v) is 2.67. The normalized spacial score (nSPS) is 9.75. The van der Waals surface area contributed by atoms with E-state index in [2.05, 4.69) is 4.98 Å². The van der Waals surface area contributed by atoms with Gasteiger partial charge in [-0.3, -0.25) is 4.98 Å². The number of nitrogens with zero attached hydrogens (tertiary/aromatic N) is 2. The predicted octanol–water partition coefficient (Wildman–Crippen LogP) is 2.73. The lowest BCUT2D eigenvalue weighted by atomic mass is 10.2. The molecule has 1 heterocycles. The summed E-state index contributed by atoms with van der Waals surface area (Å²) in [5.74, 6) is -0.379. The number of hydrogen-bond acceptors (Lipinski definition) is 4. The van der Waals surface area contributed by atoms with Gasteiger partial charge in [0.15, 0.2) is 11.6 Å². The van der Waals surface area contributed by atoms with E-state index in [1.807, 2.05) is 6.07 Å². The molecule has 0 saturated heterocycles. The molecule has 0 N–H and O–H groups in total. The molecule has 0 bridgehead atoms. The fourth-order valence-corrected chi connectivity index (χ4v) is 1.66. The summed E-state index contributed by atoms with van der Waals surface area (Å²) in [5, 5.41) is 8.57. The molecule has 0 fully saturated rings. The Bertz CT molecular complexity index is 519. The minimum atomic E-state index is -0.524. The van der Waals surface area contributed by atoms with Gasteiger partial charge in [-0.25, -0.2) is 4.39 Å². The second kappa shape index (κ2) is 4.73. The lowest BCUT2D eigenvalue weighted by molar-refractivity contribution is 0.293. The molecule has 80 valence electrons. The van der Waals surface area contributed by atoms with Gasteiger partial charge in [0.05, 0.1) is 22.0 Å². The summed E-state index contributed by atoms with van der Waals surface area (Å²) < 4.78 is 18.6. The highest BCUT2D eigenvalue weighted by atomic mass is 32.1. The van der Waals surface area contributed by atoms with Crippen molar-refractivity contribution in [3.05, 3.63) is 46.2 Å². The molecule has 5 heteroatoms. The van der Waals surface area contributed by atoms with Crippen molar-refractivity contribution in [3.63, 3.8) is 0 Å². The van der Waals surface area contributed by atoms with Gasteiger partial charge in [0.25, 0.3) is 0 Å². The molecular weight excluding hydrogens is 227 g/mol. The Balaban J connectivity index is 2.08.